The second-order valence-corrected chi connectivity index (χ2v) is 6.61. The van der Waals surface area contributed by atoms with Crippen LogP contribution in [0.4, 0.5) is 4.39 Å². The van der Waals surface area contributed by atoms with E-state index in [2.05, 4.69) is 6.58 Å². The Morgan fingerprint density at radius 2 is 2.05 bits per heavy atom. The zero-order valence-electron chi connectivity index (χ0n) is 10.1. The van der Waals surface area contributed by atoms with Crippen LogP contribution in [0.25, 0.3) is 0 Å². The highest BCUT2D eigenvalue weighted by Gasteiger charge is 2.24. The Bertz CT molecular complexity index is 637. The molecule has 0 atom stereocenters. The Kier molecular flexibility index (Phi) is 4.70. The number of carbonyl (C=O) groups is 1. The molecule has 0 amide bonds. The molecule has 1 N–H and O–H groups in total. The van der Waals surface area contributed by atoms with Crippen molar-refractivity contribution in [1.82, 2.24) is 0 Å². The number of halogens is 2. The SMILES string of the molecule is C=C(C)CCS(=O)(=O)c1cc(Cl)cc(C(=O)O)c1F. The molecule has 0 saturated carbocycles. The largest absolute Gasteiger partial charge is 0.478 e. The van der Waals surface area contributed by atoms with E-state index in [1.54, 1.807) is 6.92 Å². The van der Waals surface area contributed by atoms with Crippen LogP contribution in [0.5, 0.6) is 0 Å². The van der Waals surface area contributed by atoms with Crippen LogP contribution in [0.2, 0.25) is 5.02 Å². The molecule has 0 unspecified atom stereocenters. The second kappa shape index (κ2) is 5.71. The molecule has 104 valence electrons. The first-order valence-electron chi connectivity index (χ1n) is 5.24. The fraction of sp³-hybridized carbons (Fsp3) is 0.250. The van der Waals surface area contributed by atoms with Gasteiger partial charge in [-0.05, 0) is 25.5 Å². The van der Waals surface area contributed by atoms with Crippen molar-refractivity contribution in [2.24, 2.45) is 0 Å². The van der Waals surface area contributed by atoms with Crippen LogP contribution in [0, 0.1) is 5.82 Å². The third kappa shape index (κ3) is 3.78. The Balaban J connectivity index is 3.34. The van der Waals surface area contributed by atoms with Crippen molar-refractivity contribution in [2.45, 2.75) is 18.2 Å². The van der Waals surface area contributed by atoms with E-state index >= 15 is 0 Å². The molecule has 1 aromatic rings. The Morgan fingerprint density at radius 1 is 1.47 bits per heavy atom. The average molecular weight is 307 g/mol. The van der Waals surface area contributed by atoms with E-state index in [0.717, 1.165) is 12.1 Å². The van der Waals surface area contributed by atoms with E-state index < -0.39 is 32.1 Å². The molecule has 0 bridgehead atoms. The van der Waals surface area contributed by atoms with Gasteiger partial charge in [0.15, 0.2) is 15.7 Å². The molecule has 1 rings (SSSR count). The van der Waals surface area contributed by atoms with Crippen molar-refractivity contribution < 1.29 is 22.7 Å². The topological polar surface area (TPSA) is 71.4 Å². The molecule has 0 spiro atoms. The van der Waals surface area contributed by atoms with E-state index in [4.69, 9.17) is 16.7 Å². The van der Waals surface area contributed by atoms with Gasteiger partial charge in [0.25, 0.3) is 0 Å². The number of hydrogen-bond acceptors (Lipinski definition) is 3. The summed E-state index contributed by atoms with van der Waals surface area (Å²) in [5, 5.41) is 8.65. The summed E-state index contributed by atoms with van der Waals surface area (Å²) in [5.74, 6) is -3.21. The molecule has 0 aliphatic heterocycles. The van der Waals surface area contributed by atoms with Gasteiger partial charge in [0.05, 0.1) is 11.3 Å². The van der Waals surface area contributed by atoms with Crippen molar-refractivity contribution in [1.29, 1.82) is 0 Å². The van der Waals surface area contributed by atoms with Gasteiger partial charge in [0.1, 0.15) is 4.90 Å². The number of allylic oxidation sites excluding steroid dienone is 1. The lowest BCUT2D eigenvalue weighted by Gasteiger charge is -2.08. The molecule has 1 aromatic carbocycles. The fourth-order valence-corrected chi connectivity index (χ4v) is 3.17. The smallest absolute Gasteiger partial charge is 0.338 e. The summed E-state index contributed by atoms with van der Waals surface area (Å²) in [7, 11) is -3.95. The molecule has 0 aliphatic rings. The minimum atomic E-state index is -3.95. The number of carboxylic acids is 1. The van der Waals surface area contributed by atoms with E-state index in [-0.39, 0.29) is 17.2 Å². The van der Waals surface area contributed by atoms with Gasteiger partial charge in [-0.25, -0.2) is 17.6 Å². The number of sulfone groups is 1. The van der Waals surface area contributed by atoms with Gasteiger partial charge in [-0.3, -0.25) is 0 Å². The normalized spacial score (nSPS) is 11.3. The van der Waals surface area contributed by atoms with Gasteiger partial charge in [-0.15, -0.1) is 6.58 Å². The summed E-state index contributed by atoms with van der Waals surface area (Å²) < 4.78 is 37.8. The Labute approximate surface area is 115 Å². The number of aromatic carboxylic acids is 1. The van der Waals surface area contributed by atoms with Gasteiger partial charge in [0.2, 0.25) is 0 Å². The van der Waals surface area contributed by atoms with Crippen molar-refractivity contribution in [3.63, 3.8) is 0 Å². The number of hydrogen-bond donors (Lipinski definition) is 1. The summed E-state index contributed by atoms with van der Waals surface area (Å²) >= 11 is 5.62. The van der Waals surface area contributed by atoms with Gasteiger partial charge in [-0.2, -0.15) is 0 Å². The average Bonchev–Trinajstić information content (AvgIpc) is 2.28. The van der Waals surface area contributed by atoms with Crippen molar-refractivity contribution in [3.8, 4) is 0 Å². The van der Waals surface area contributed by atoms with Crippen molar-refractivity contribution in [3.05, 3.63) is 40.7 Å². The minimum Gasteiger partial charge on any atom is -0.478 e. The lowest BCUT2D eigenvalue weighted by Crippen LogP contribution is -2.12. The van der Waals surface area contributed by atoms with Gasteiger partial charge in [0, 0.05) is 5.02 Å². The number of rotatable bonds is 5. The highest BCUT2D eigenvalue weighted by molar-refractivity contribution is 7.91. The molecule has 4 nitrogen and oxygen atoms in total. The van der Waals surface area contributed by atoms with Crippen LogP contribution >= 0.6 is 11.6 Å². The summed E-state index contributed by atoms with van der Waals surface area (Å²) in [6.45, 7) is 5.20. The highest BCUT2D eigenvalue weighted by atomic mass is 35.5. The zero-order valence-corrected chi connectivity index (χ0v) is 11.7. The lowest BCUT2D eigenvalue weighted by atomic mass is 10.2. The van der Waals surface area contributed by atoms with Crippen molar-refractivity contribution in [2.75, 3.05) is 5.75 Å². The third-order valence-corrected chi connectivity index (χ3v) is 4.29. The van der Waals surface area contributed by atoms with Crippen LogP contribution in [0.1, 0.15) is 23.7 Å². The standard InChI is InChI=1S/C12H12ClFO4S/c1-7(2)3-4-19(17,18)10-6-8(13)5-9(11(10)14)12(15)16/h5-6H,1,3-4H2,2H3,(H,15,16). The lowest BCUT2D eigenvalue weighted by molar-refractivity contribution is 0.0691. The molecular formula is C12H12ClFO4S. The molecule has 0 saturated heterocycles. The summed E-state index contributed by atoms with van der Waals surface area (Å²) in [6, 6.07) is 1.79. The molecule has 0 aliphatic carbocycles. The molecular weight excluding hydrogens is 295 g/mol. The quantitative estimate of drug-likeness (QED) is 0.849. The Hall–Kier alpha value is -1.40. The first-order valence-corrected chi connectivity index (χ1v) is 7.27. The molecule has 0 fully saturated rings. The maximum atomic E-state index is 13.9. The van der Waals surface area contributed by atoms with Crippen LogP contribution in [0.15, 0.2) is 29.2 Å². The van der Waals surface area contributed by atoms with Crippen molar-refractivity contribution >= 4 is 27.4 Å². The van der Waals surface area contributed by atoms with Gasteiger partial charge < -0.3 is 5.11 Å². The minimum absolute atomic E-state index is 0.146. The van der Waals surface area contributed by atoms with Crippen LogP contribution in [-0.2, 0) is 9.84 Å². The predicted octanol–water partition coefficient (Wildman–Crippen LogP) is 2.92. The first kappa shape index (κ1) is 15.7. The van der Waals surface area contributed by atoms with Crippen LogP contribution in [0.3, 0.4) is 0 Å². The summed E-state index contributed by atoms with van der Waals surface area (Å²) in [5.41, 5.74) is -0.133. The molecule has 0 radical (unpaired) electrons. The second-order valence-electron chi connectivity index (χ2n) is 4.10. The molecule has 7 heteroatoms. The van der Waals surface area contributed by atoms with Gasteiger partial charge in [-0.1, -0.05) is 17.2 Å². The molecule has 0 aromatic heterocycles. The summed E-state index contributed by atoms with van der Waals surface area (Å²) in [6.07, 6.45) is 0.163. The fourth-order valence-electron chi connectivity index (χ4n) is 1.36. The van der Waals surface area contributed by atoms with E-state index in [1.165, 1.54) is 0 Å². The highest BCUT2D eigenvalue weighted by Crippen LogP contribution is 2.25. The number of benzene rings is 1. The Morgan fingerprint density at radius 3 is 2.53 bits per heavy atom. The van der Waals surface area contributed by atoms with Gasteiger partial charge >= 0.3 is 5.97 Å². The van der Waals surface area contributed by atoms with Crippen LogP contribution < -0.4 is 0 Å². The van der Waals surface area contributed by atoms with Crippen LogP contribution in [-0.4, -0.2) is 25.2 Å². The van der Waals surface area contributed by atoms with E-state index in [1.807, 2.05) is 0 Å². The maximum Gasteiger partial charge on any atom is 0.338 e. The first-order chi connectivity index (χ1) is 8.65. The predicted molar refractivity (Wildman–Crippen MR) is 69.9 cm³/mol. The summed E-state index contributed by atoms with van der Waals surface area (Å²) in [4.78, 5) is 10.1. The number of carboxylic acid groups (broad SMARTS) is 1. The maximum absolute atomic E-state index is 13.9. The third-order valence-electron chi connectivity index (χ3n) is 2.37. The van der Waals surface area contributed by atoms with E-state index in [9.17, 15) is 17.6 Å². The monoisotopic (exact) mass is 306 g/mol. The molecule has 0 heterocycles. The zero-order chi connectivity index (χ0) is 14.8. The molecule has 19 heavy (non-hydrogen) atoms. The van der Waals surface area contributed by atoms with E-state index in [0.29, 0.717) is 5.57 Å².